The molecule has 0 fully saturated rings. The standard InChI is InChI=1S/C19H28N2O6/c1-12(2)11-16(13(3)20-18(23)27-19(4,5)6)26-17(22)14-7-9-15(10-8-14)21(24)25/h7-10,12-13,16H,11H2,1-6H3,(H,20,23)/t13-,16-/m0/s1. The van der Waals surface area contributed by atoms with Gasteiger partial charge < -0.3 is 14.8 Å². The summed E-state index contributed by atoms with van der Waals surface area (Å²) in [5.74, 6) is -0.379. The monoisotopic (exact) mass is 380 g/mol. The molecule has 1 aromatic rings. The second-order valence-corrected chi connectivity index (χ2v) is 7.81. The third-order valence-electron chi connectivity index (χ3n) is 3.58. The number of nitro groups is 1. The second kappa shape index (κ2) is 9.34. The average molecular weight is 380 g/mol. The summed E-state index contributed by atoms with van der Waals surface area (Å²) in [7, 11) is 0. The van der Waals surface area contributed by atoms with Gasteiger partial charge in [0, 0.05) is 12.1 Å². The van der Waals surface area contributed by atoms with Crippen molar-refractivity contribution in [1.29, 1.82) is 0 Å². The Labute approximate surface area is 159 Å². The number of nitrogens with one attached hydrogen (secondary N) is 1. The molecule has 1 N–H and O–H groups in total. The van der Waals surface area contributed by atoms with Gasteiger partial charge in [-0.1, -0.05) is 13.8 Å². The number of amides is 1. The summed E-state index contributed by atoms with van der Waals surface area (Å²) in [6.07, 6.45) is -0.620. The van der Waals surface area contributed by atoms with Crippen LogP contribution in [0.3, 0.4) is 0 Å². The summed E-state index contributed by atoms with van der Waals surface area (Å²) in [5.41, 5.74) is -0.531. The van der Waals surface area contributed by atoms with E-state index in [0.717, 1.165) is 0 Å². The first-order valence-corrected chi connectivity index (χ1v) is 8.84. The van der Waals surface area contributed by atoms with E-state index in [1.807, 2.05) is 13.8 Å². The van der Waals surface area contributed by atoms with E-state index in [9.17, 15) is 19.7 Å². The van der Waals surface area contributed by atoms with Crippen LogP contribution in [0.25, 0.3) is 0 Å². The summed E-state index contributed by atoms with van der Waals surface area (Å²) in [6.45, 7) is 11.0. The van der Waals surface area contributed by atoms with Crippen molar-refractivity contribution in [3.63, 3.8) is 0 Å². The smallest absolute Gasteiger partial charge is 0.407 e. The van der Waals surface area contributed by atoms with E-state index in [2.05, 4.69) is 5.32 Å². The first kappa shape index (κ1) is 22.4. The molecule has 1 rings (SSSR count). The van der Waals surface area contributed by atoms with Crippen LogP contribution in [0.5, 0.6) is 0 Å². The van der Waals surface area contributed by atoms with Crippen LogP contribution in [0, 0.1) is 16.0 Å². The minimum atomic E-state index is -0.632. The summed E-state index contributed by atoms with van der Waals surface area (Å²) >= 11 is 0. The first-order chi connectivity index (χ1) is 12.4. The minimum absolute atomic E-state index is 0.106. The van der Waals surface area contributed by atoms with Gasteiger partial charge in [-0.05, 0) is 52.2 Å². The van der Waals surface area contributed by atoms with Crippen molar-refractivity contribution in [2.75, 3.05) is 0 Å². The van der Waals surface area contributed by atoms with Gasteiger partial charge in [-0.15, -0.1) is 0 Å². The molecule has 0 unspecified atom stereocenters. The molecule has 0 aliphatic heterocycles. The zero-order chi connectivity index (χ0) is 20.8. The molecule has 0 heterocycles. The van der Waals surface area contributed by atoms with Crippen LogP contribution in [0.2, 0.25) is 0 Å². The van der Waals surface area contributed by atoms with Gasteiger partial charge in [-0.2, -0.15) is 0 Å². The number of nitrogens with zero attached hydrogens (tertiary/aromatic N) is 1. The highest BCUT2D eigenvalue weighted by Gasteiger charge is 2.27. The number of hydrogen-bond donors (Lipinski definition) is 1. The van der Waals surface area contributed by atoms with Crippen LogP contribution < -0.4 is 5.32 Å². The van der Waals surface area contributed by atoms with Gasteiger partial charge in [-0.25, -0.2) is 9.59 Å². The Balaban J connectivity index is 2.82. The number of benzene rings is 1. The van der Waals surface area contributed by atoms with Crippen LogP contribution in [0.1, 0.15) is 58.3 Å². The van der Waals surface area contributed by atoms with Crippen LogP contribution in [-0.2, 0) is 9.47 Å². The van der Waals surface area contributed by atoms with E-state index < -0.39 is 34.7 Å². The largest absolute Gasteiger partial charge is 0.457 e. The SMILES string of the molecule is CC(C)C[C@H](OC(=O)c1ccc([N+](=O)[O-])cc1)[C@H](C)NC(=O)OC(C)(C)C. The van der Waals surface area contributed by atoms with E-state index in [1.165, 1.54) is 24.3 Å². The lowest BCUT2D eigenvalue weighted by atomic mass is 10.0. The topological polar surface area (TPSA) is 108 Å². The molecule has 1 aromatic carbocycles. The molecule has 0 spiro atoms. The van der Waals surface area contributed by atoms with Crippen molar-refractivity contribution in [2.45, 2.75) is 65.7 Å². The predicted molar refractivity (Wildman–Crippen MR) is 101 cm³/mol. The molecule has 0 saturated carbocycles. The van der Waals surface area contributed by atoms with Gasteiger partial charge in [0.25, 0.3) is 5.69 Å². The Morgan fingerprint density at radius 1 is 1.15 bits per heavy atom. The molecule has 8 nitrogen and oxygen atoms in total. The Kier molecular flexibility index (Phi) is 7.75. The van der Waals surface area contributed by atoms with Gasteiger partial charge >= 0.3 is 12.1 Å². The van der Waals surface area contributed by atoms with Gasteiger partial charge in [0.15, 0.2) is 0 Å². The van der Waals surface area contributed by atoms with Gasteiger partial charge in [0.1, 0.15) is 11.7 Å². The Bertz CT molecular complexity index is 664. The minimum Gasteiger partial charge on any atom is -0.457 e. The Hall–Kier alpha value is -2.64. The van der Waals surface area contributed by atoms with E-state index in [4.69, 9.17) is 9.47 Å². The lowest BCUT2D eigenvalue weighted by molar-refractivity contribution is -0.384. The van der Waals surface area contributed by atoms with E-state index in [-0.39, 0.29) is 17.2 Å². The number of rotatable bonds is 7. The Morgan fingerprint density at radius 2 is 1.70 bits per heavy atom. The summed E-state index contributed by atoms with van der Waals surface area (Å²) in [5, 5.41) is 13.4. The van der Waals surface area contributed by atoms with Crippen LogP contribution in [0.4, 0.5) is 10.5 Å². The number of ether oxygens (including phenoxy) is 2. The fourth-order valence-electron chi connectivity index (χ4n) is 2.33. The lowest BCUT2D eigenvalue weighted by Crippen LogP contribution is -2.45. The quantitative estimate of drug-likeness (QED) is 0.434. The third-order valence-corrected chi connectivity index (χ3v) is 3.58. The normalized spacial score (nSPS) is 13.6. The van der Waals surface area contributed by atoms with E-state index in [1.54, 1.807) is 27.7 Å². The van der Waals surface area contributed by atoms with Crippen molar-refractivity contribution < 1.29 is 24.0 Å². The summed E-state index contributed by atoms with van der Waals surface area (Å²) in [4.78, 5) is 34.6. The number of alkyl carbamates (subject to hydrolysis) is 1. The highest BCUT2D eigenvalue weighted by atomic mass is 16.6. The molecular formula is C19H28N2O6. The maximum Gasteiger partial charge on any atom is 0.407 e. The second-order valence-electron chi connectivity index (χ2n) is 7.81. The molecule has 0 bridgehead atoms. The zero-order valence-corrected chi connectivity index (χ0v) is 16.6. The highest BCUT2D eigenvalue weighted by Crippen LogP contribution is 2.18. The van der Waals surface area contributed by atoms with Crippen LogP contribution in [-0.4, -0.2) is 34.7 Å². The molecular weight excluding hydrogens is 352 g/mol. The van der Waals surface area contributed by atoms with Crippen molar-refractivity contribution in [2.24, 2.45) is 5.92 Å². The molecule has 0 saturated heterocycles. The molecule has 1 amide bonds. The molecule has 150 valence electrons. The van der Waals surface area contributed by atoms with Crippen LogP contribution in [0.15, 0.2) is 24.3 Å². The summed E-state index contributed by atoms with van der Waals surface area (Å²) in [6, 6.07) is 4.72. The van der Waals surface area contributed by atoms with Crippen LogP contribution >= 0.6 is 0 Å². The third kappa shape index (κ3) is 8.06. The molecule has 0 aliphatic rings. The highest BCUT2D eigenvalue weighted by molar-refractivity contribution is 5.89. The predicted octanol–water partition coefficient (Wildman–Crippen LogP) is 4.08. The number of carbonyl (C=O) groups is 2. The van der Waals surface area contributed by atoms with Gasteiger partial charge in [0.2, 0.25) is 0 Å². The number of esters is 1. The summed E-state index contributed by atoms with van der Waals surface area (Å²) < 4.78 is 10.8. The van der Waals surface area contributed by atoms with E-state index >= 15 is 0 Å². The molecule has 0 aromatic heterocycles. The fourth-order valence-corrected chi connectivity index (χ4v) is 2.33. The lowest BCUT2D eigenvalue weighted by Gasteiger charge is -2.28. The van der Waals surface area contributed by atoms with Crippen molar-refractivity contribution in [1.82, 2.24) is 5.32 Å². The molecule has 8 heteroatoms. The number of nitro benzene ring substituents is 1. The number of non-ortho nitro benzene ring substituents is 1. The number of carbonyl (C=O) groups excluding carboxylic acids is 2. The maximum atomic E-state index is 12.4. The first-order valence-electron chi connectivity index (χ1n) is 8.84. The van der Waals surface area contributed by atoms with Crippen molar-refractivity contribution >= 4 is 17.7 Å². The van der Waals surface area contributed by atoms with Crippen molar-refractivity contribution in [3.8, 4) is 0 Å². The van der Waals surface area contributed by atoms with Crippen molar-refractivity contribution in [3.05, 3.63) is 39.9 Å². The average Bonchev–Trinajstić information content (AvgIpc) is 2.51. The molecule has 27 heavy (non-hydrogen) atoms. The molecule has 2 atom stereocenters. The molecule has 0 aliphatic carbocycles. The van der Waals surface area contributed by atoms with Gasteiger partial charge in [0.05, 0.1) is 16.5 Å². The van der Waals surface area contributed by atoms with E-state index in [0.29, 0.717) is 6.42 Å². The Morgan fingerprint density at radius 3 is 2.15 bits per heavy atom. The maximum absolute atomic E-state index is 12.4. The molecule has 0 radical (unpaired) electrons. The fraction of sp³-hybridized carbons (Fsp3) is 0.579. The van der Waals surface area contributed by atoms with Gasteiger partial charge in [-0.3, -0.25) is 10.1 Å². The number of hydrogen-bond acceptors (Lipinski definition) is 6. The zero-order valence-electron chi connectivity index (χ0n) is 16.6.